The van der Waals surface area contributed by atoms with Gasteiger partial charge in [0.25, 0.3) is 10.0 Å². The van der Waals surface area contributed by atoms with Gasteiger partial charge in [0.05, 0.1) is 10.6 Å². The van der Waals surface area contributed by atoms with E-state index in [0.29, 0.717) is 15.2 Å². The van der Waals surface area contributed by atoms with Gasteiger partial charge in [0.1, 0.15) is 12.6 Å². The Morgan fingerprint density at radius 3 is 2.14 bits per heavy atom. The predicted octanol–water partition coefficient (Wildman–Crippen LogP) is 6.77. The first-order valence-electron chi connectivity index (χ1n) is 14.2. The highest BCUT2D eigenvalue weighted by Crippen LogP contribution is 2.27. The topological polar surface area (TPSA) is 86.8 Å². The number of aryl methyl sites for hydroxylation is 1. The minimum atomic E-state index is -4.17. The van der Waals surface area contributed by atoms with Gasteiger partial charge >= 0.3 is 0 Å². The van der Waals surface area contributed by atoms with Gasteiger partial charge in [-0.2, -0.15) is 0 Å². The Labute approximate surface area is 273 Å². The number of benzene rings is 4. The maximum Gasteiger partial charge on any atom is 0.264 e. The second kappa shape index (κ2) is 14.9. The van der Waals surface area contributed by atoms with Crippen LogP contribution in [0.3, 0.4) is 0 Å². The smallest absolute Gasteiger partial charge is 0.264 e. The lowest BCUT2D eigenvalue weighted by atomic mass is 10.0. The molecule has 0 aliphatic carbocycles. The molecule has 2 amide bonds. The van der Waals surface area contributed by atoms with E-state index in [-0.39, 0.29) is 29.8 Å². The first kappa shape index (κ1) is 33.2. The van der Waals surface area contributed by atoms with Crippen molar-refractivity contribution in [1.29, 1.82) is 0 Å². The molecule has 0 aromatic heterocycles. The number of anilines is 1. The van der Waals surface area contributed by atoms with Crippen LogP contribution in [-0.2, 0) is 32.6 Å². The van der Waals surface area contributed by atoms with E-state index in [1.165, 1.54) is 17.0 Å². The molecule has 0 spiro atoms. The van der Waals surface area contributed by atoms with Gasteiger partial charge in [-0.3, -0.25) is 13.9 Å². The van der Waals surface area contributed by atoms with Crippen molar-refractivity contribution in [2.75, 3.05) is 10.8 Å². The summed E-state index contributed by atoms with van der Waals surface area (Å²) in [6, 6.07) is 28.6. The number of amides is 2. The summed E-state index contributed by atoms with van der Waals surface area (Å²) in [4.78, 5) is 29.7. The SMILES string of the molecule is Cc1ccc(S(=O)(=O)N(CC(=O)N(Cc2ccc(Cl)cc2)[C@H](Cc2ccccc2)C(=O)NC(C)C)c2cccc(Br)c2)cc1. The molecule has 0 saturated carbocycles. The number of sulfonamides is 1. The number of hydrogen-bond donors (Lipinski definition) is 1. The molecule has 0 radical (unpaired) electrons. The zero-order valence-corrected chi connectivity index (χ0v) is 27.9. The molecule has 0 aliphatic heterocycles. The van der Waals surface area contributed by atoms with Gasteiger partial charge in [-0.05, 0) is 74.4 Å². The zero-order chi connectivity index (χ0) is 31.9. The first-order chi connectivity index (χ1) is 20.9. The summed E-state index contributed by atoms with van der Waals surface area (Å²) in [6.07, 6.45) is 0.236. The van der Waals surface area contributed by atoms with Crippen LogP contribution in [0.1, 0.15) is 30.5 Å². The van der Waals surface area contributed by atoms with E-state index < -0.39 is 28.5 Å². The maximum absolute atomic E-state index is 14.4. The van der Waals surface area contributed by atoms with Crippen LogP contribution >= 0.6 is 27.5 Å². The number of halogens is 2. The Balaban J connectivity index is 1.80. The lowest BCUT2D eigenvalue weighted by Crippen LogP contribution is -2.54. The summed E-state index contributed by atoms with van der Waals surface area (Å²) in [7, 11) is -4.17. The van der Waals surface area contributed by atoms with Gasteiger partial charge in [0.15, 0.2) is 0 Å². The lowest BCUT2D eigenvalue weighted by molar-refractivity contribution is -0.140. The molecular weight excluding hydrogens is 662 g/mol. The van der Waals surface area contributed by atoms with Crippen LogP contribution in [0.2, 0.25) is 5.02 Å². The fourth-order valence-corrected chi connectivity index (χ4v) is 6.64. The summed E-state index contributed by atoms with van der Waals surface area (Å²) in [5.74, 6) is -0.864. The Morgan fingerprint density at radius 1 is 0.864 bits per heavy atom. The number of hydrogen-bond acceptors (Lipinski definition) is 4. The third-order valence-corrected chi connectivity index (χ3v) is 9.49. The molecule has 4 aromatic rings. The van der Waals surface area contributed by atoms with E-state index >= 15 is 0 Å². The molecule has 0 fully saturated rings. The molecule has 0 unspecified atom stereocenters. The number of nitrogens with zero attached hydrogens (tertiary/aromatic N) is 2. The molecular formula is C34H35BrClN3O4S. The fourth-order valence-electron chi connectivity index (χ4n) is 4.72. The van der Waals surface area contributed by atoms with Crippen molar-refractivity contribution in [2.24, 2.45) is 0 Å². The van der Waals surface area contributed by atoms with Gasteiger partial charge in [0, 0.05) is 28.5 Å². The molecule has 0 saturated heterocycles. The van der Waals surface area contributed by atoms with E-state index in [4.69, 9.17) is 11.6 Å². The summed E-state index contributed by atoms with van der Waals surface area (Å²) >= 11 is 9.56. The maximum atomic E-state index is 14.4. The largest absolute Gasteiger partial charge is 0.352 e. The highest BCUT2D eigenvalue weighted by Gasteiger charge is 2.34. The molecule has 7 nitrogen and oxygen atoms in total. The molecule has 4 aromatic carbocycles. The van der Waals surface area contributed by atoms with Gasteiger partial charge in [-0.25, -0.2) is 8.42 Å². The first-order valence-corrected chi connectivity index (χ1v) is 16.8. The third kappa shape index (κ3) is 8.71. The Kier molecular flexibility index (Phi) is 11.2. The summed E-state index contributed by atoms with van der Waals surface area (Å²) in [6.45, 7) is 5.12. The quantitative estimate of drug-likeness (QED) is 0.177. The van der Waals surface area contributed by atoms with Crippen LogP contribution in [0.5, 0.6) is 0 Å². The third-order valence-electron chi connectivity index (χ3n) is 6.95. The van der Waals surface area contributed by atoms with Crippen LogP contribution < -0.4 is 9.62 Å². The van der Waals surface area contributed by atoms with Crippen LogP contribution in [0.25, 0.3) is 0 Å². The molecule has 0 heterocycles. The number of nitrogens with one attached hydrogen (secondary N) is 1. The van der Waals surface area contributed by atoms with Crippen LogP contribution in [-0.4, -0.2) is 43.8 Å². The molecule has 10 heteroatoms. The van der Waals surface area contributed by atoms with Crippen LogP contribution in [0, 0.1) is 6.92 Å². The van der Waals surface area contributed by atoms with Crippen molar-refractivity contribution < 1.29 is 18.0 Å². The number of rotatable bonds is 12. The van der Waals surface area contributed by atoms with Crippen molar-refractivity contribution in [3.63, 3.8) is 0 Å². The Bertz CT molecular complexity index is 1680. The average molecular weight is 697 g/mol. The lowest BCUT2D eigenvalue weighted by Gasteiger charge is -2.34. The fraction of sp³-hybridized carbons (Fsp3) is 0.235. The molecule has 0 aliphatic rings. The van der Waals surface area contributed by atoms with Gasteiger partial charge in [-0.15, -0.1) is 0 Å². The van der Waals surface area contributed by atoms with Gasteiger partial charge in [-0.1, -0.05) is 93.8 Å². The van der Waals surface area contributed by atoms with Gasteiger partial charge in [0.2, 0.25) is 11.8 Å². The molecule has 4 rings (SSSR count). The highest BCUT2D eigenvalue weighted by atomic mass is 79.9. The average Bonchev–Trinajstić information content (AvgIpc) is 2.98. The highest BCUT2D eigenvalue weighted by molar-refractivity contribution is 9.10. The Morgan fingerprint density at radius 2 is 1.52 bits per heavy atom. The summed E-state index contributed by atoms with van der Waals surface area (Å²) in [5.41, 5.74) is 2.82. The minimum absolute atomic E-state index is 0.0542. The van der Waals surface area contributed by atoms with Crippen molar-refractivity contribution in [1.82, 2.24) is 10.2 Å². The minimum Gasteiger partial charge on any atom is -0.352 e. The molecule has 230 valence electrons. The molecule has 44 heavy (non-hydrogen) atoms. The zero-order valence-electron chi connectivity index (χ0n) is 24.8. The molecule has 0 bridgehead atoms. The second-order valence-electron chi connectivity index (χ2n) is 10.8. The van der Waals surface area contributed by atoms with E-state index in [1.807, 2.05) is 51.1 Å². The van der Waals surface area contributed by atoms with Crippen molar-refractivity contribution in [2.45, 2.75) is 50.7 Å². The Hall–Kier alpha value is -3.66. The van der Waals surface area contributed by atoms with Crippen molar-refractivity contribution in [3.05, 3.63) is 129 Å². The standard InChI is InChI=1S/C34H35BrClN3O4S/c1-24(2)37-34(41)32(20-26-8-5-4-6-9-26)38(22-27-14-16-29(36)17-15-27)33(40)23-39(30-11-7-10-28(35)21-30)44(42,43)31-18-12-25(3)13-19-31/h4-19,21,24,32H,20,22-23H2,1-3H3,(H,37,41)/t32-/m1/s1. The summed E-state index contributed by atoms with van der Waals surface area (Å²) < 4.78 is 29.9. The van der Waals surface area contributed by atoms with E-state index in [0.717, 1.165) is 21.0 Å². The van der Waals surface area contributed by atoms with Crippen LogP contribution in [0.15, 0.2) is 112 Å². The monoisotopic (exact) mass is 695 g/mol. The van der Waals surface area contributed by atoms with Crippen molar-refractivity contribution >= 4 is 55.1 Å². The predicted molar refractivity (Wildman–Crippen MR) is 179 cm³/mol. The summed E-state index contributed by atoms with van der Waals surface area (Å²) in [5, 5.41) is 3.49. The normalized spacial score (nSPS) is 12.0. The number of carbonyl (C=O) groups is 2. The second-order valence-corrected chi connectivity index (χ2v) is 14.0. The molecule has 1 atom stereocenters. The van der Waals surface area contributed by atoms with Crippen LogP contribution in [0.4, 0.5) is 5.69 Å². The van der Waals surface area contributed by atoms with E-state index in [9.17, 15) is 18.0 Å². The van der Waals surface area contributed by atoms with E-state index in [1.54, 1.807) is 60.7 Å². The van der Waals surface area contributed by atoms with Gasteiger partial charge < -0.3 is 10.2 Å². The molecule has 1 N–H and O–H groups in total. The van der Waals surface area contributed by atoms with E-state index in [2.05, 4.69) is 21.2 Å². The number of carbonyl (C=O) groups excluding carboxylic acids is 2. The van der Waals surface area contributed by atoms with Crippen molar-refractivity contribution in [3.8, 4) is 0 Å².